The van der Waals surface area contributed by atoms with E-state index in [1.54, 1.807) is 7.11 Å². The zero-order chi connectivity index (χ0) is 12.8. The molecule has 0 aromatic carbocycles. The summed E-state index contributed by atoms with van der Waals surface area (Å²) in [6, 6.07) is 0.394. The van der Waals surface area contributed by atoms with E-state index in [4.69, 9.17) is 9.47 Å². The molecule has 5 nitrogen and oxygen atoms in total. The molecule has 5 heteroatoms. The highest BCUT2D eigenvalue weighted by molar-refractivity contribution is 5.78. The summed E-state index contributed by atoms with van der Waals surface area (Å²) >= 11 is 0. The van der Waals surface area contributed by atoms with E-state index in [9.17, 15) is 4.79 Å². The van der Waals surface area contributed by atoms with Gasteiger partial charge in [-0.2, -0.15) is 0 Å². The summed E-state index contributed by atoms with van der Waals surface area (Å²) in [6.07, 6.45) is 5.62. The van der Waals surface area contributed by atoms with Gasteiger partial charge in [0.1, 0.15) is 5.60 Å². The maximum absolute atomic E-state index is 11.7. The summed E-state index contributed by atoms with van der Waals surface area (Å²) < 4.78 is 10.8. The van der Waals surface area contributed by atoms with Gasteiger partial charge >= 0.3 is 0 Å². The number of amides is 1. The molecule has 18 heavy (non-hydrogen) atoms. The molecule has 1 heterocycles. The van der Waals surface area contributed by atoms with E-state index in [1.807, 2.05) is 0 Å². The highest BCUT2D eigenvalue weighted by atomic mass is 16.5. The van der Waals surface area contributed by atoms with E-state index >= 15 is 0 Å². The molecule has 1 aliphatic carbocycles. The Bertz CT molecular complexity index is 271. The van der Waals surface area contributed by atoms with Gasteiger partial charge in [0.05, 0.1) is 13.2 Å². The third-order valence-electron chi connectivity index (χ3n) is 3.95. The zero-order valence-corrected chi connectivity index (χ0v) is 11.2. The average molecular weight is 256 g/mol. The first kappa shape index (κ1) is 13.8. The van der Waals surface area contributed by atoms with Gasteiger partial charge in [-0.15, -0.1) is 0 Å². The summed E-state index contributed by atoms with van der Waals surface area (Å²) in [4.78, 5) is 11.7. The topological polar surface area (TPSA) is 59.6 Å². The second-order valence-corrected chi connectivity index (χ2v) is 5.34. The van der Waals surface area contributed by atoms with Crippen LogP contribution in [0.25, 0.3) is 0 Å². The lowest BCUT2D eigenvalue weighted by atomic mass is 10.0. The van der Waals surface area contributed by atoms with E-state index in [1.165, 1.54) is 12.8 Å². The largest absolute Gasteiger partial charge is 0.378 e. The molecule has 2 N–H and O–H groups in total. The first-order chi connectivity index (χ1) is 8.74. The molecule has 1 saturated heterocycles. The second-order valence-electron chi connectivity index (χ2n) is 5.34. The van der Waals surface area contributed by atoms with Gasteiger partial charge in [-0.3, -0.25) is 4.79 Å². The fourth-order valence-corrected chi connectivity index (χ4v) is 2.71. The Morgan fingerprint density at radius 3 is 2.83 bits per heavy atom. The normalized spacial score (nSPS) is 28.7. The van der Waals surface area contributed by atoms with Crippen molar-refractivity contribution in [3.63, 3.8) is 0 Å². The maximum atomic E-state index is 11.7. The molecule has 1 amide bonds. The number of carbonyl (C=O) groups excluding carboxylic acids is 1. The molecular weight excluding hydrogens is 232 g/mol. The van der Waals surface area contributed by atoms with Crippen LogP contribution in [0.15, 0.2) is 0 Å². The van der Waals surface area contributed by atoms with E-state index in [2.05, 4.69) is 10.6 Å². The van der Waals surface area contributed by atoms with Gasteiger partial charge in [-0.05, 0) is 12.8 Å². The third kappa shape index (κ3) is 3.67. The lowest BCUT2D eigenvalue weighted by Gasteiger charge is -2.26. The van der Waals surface area contributed by atoms with E-state index in [0.29, 0.717) is 25.7 Å². The van der Waals surface area contributed by atoms with Crippen LogP contribution in [0.4, 0.5) is 0 Å². The summed E-state index contributed by atoms with van der Waals surface area (Å²) in [7, 11) is 1.70. The molecule has 2 aliphatic rings. The van der Waals surface area contributed by atoms with Crippen LogP contribution < -0.4 is 10.6 Å². The molecule has 1 aliphatic heterocycles. The minimum atomic E-state index is -0.242. The second kappa shape index (κ2) is 6.50. The molecule has 1 saturated carbocycles. The quantitative estimate of drug-likeness (QED) is 0.724. The Balaban J connectivity index is 1.63. The fraction of sp³-hybridized carbons (Fsp3) is 0.923. The van der Waals surface area contributed by atoms with Crippen molar-refractivity contribution in [2.75, 3.05) is 33.4 Å². The Morgan fingerprint density at radius 1 is 1.44 bits per heavy atom. The molecule has 104 valence electrons. The minimum Gasteiger partial charge on any atom is -0.378 e. The molecule has 2 fully saturated rings. The Hall–Kier alpha value is -0.650. The Kier molecular flexibility index (Phi) is 4.97. The van der Waals surface area contributed by atoms with E-state index in [-0.39, 0.29) is 11.5 Å². The summed E-state index contributed by atoms with van der Waals surface area (Å²) in [5, 5.41) is 6.24. The zero-order valence-electron chi connectivity index (χ0n) is 11.2. The van der Waals surface area contributed by atoms with Crippen LogP contribution in [0, 0.1) is 0 Å². The predicted octanol–water partition coefficient (Wildman–Crippen LogP) is 0.440. The Labute approximate surface area is 109 Å². The summed E-state index contributed by atoms with van der Waals surface area (Å²) in [6.45, 7) is 2.38. The van der Waals surface area contributed by atoms with Crippen LogP contribution in [-0.2, 0) is 14.3 Å². The van der Waals surface area contributed by atoms with Gasteiger partial charge in [0.15, 0.2) is 0 Å². The van der Waals surface area contributed by atoms with Gasteiger partial charge < -0.3 is 20.1 Å². The molecule has 0 radical (unpaired) electrons. The van der Waals surface area contributed by atoms with Gasteiger partial charge in [0.25, 0.3) is 0 Å². The number of hydrogen-bond acceptors (Lipinski definition) is 4. The molecule has 1 atom stereocenters. The number of nitrogens with one attached hydrogen (secondary N) is 2. The third-order valence-corrected chi connectivity index (χ3v) is 3.95. The molecule has 0 aromatic rings. The summed E-state index contributed by atoms with van der Waals surface area (Å²) in [5.74, 6) is 0.0899. The van der Waals surface area contributed by atoms with Gasteiger partial charge in [-0.25, -0.2) is 0 Å². The van der Waals surface area contributed by atoms with Gasteiger partial charge in [0.2, 0.25) is 5.91 Å². The molecule has 2 rings (SSSR count). The smallest absolute Gasteiger partial charge is 0.234 e. The molecule has 0 bridgehead atoms. The number of rotatable bonds is 6. The average Bonchev–Trinajstić information content (AvgIpc) is 3.01. The van der Waals surface area contributed by atoms with Crippen LogP contribution in [0.3, 0.4) is 0 Å². The minimum absolute atomic E-state index is 0.0899. The van der Waals surface area contributed by atoms with Gasteiger partial charge in [0, 0.05) is 32.7 Å². The van der Waals surface area contributed by atoms with Crippen molar-refractivity contribution in [2.45, 2.75) is 43.7 Å². The fourth-order valence-electron chi connectivity index (χ4n) is 2.71. The predicted molar refractivity (Wildman–Crippen MR) is 68.4 cm³/mol. The van der Waals surface area contributed by atoms with Crippen LogP contribution in [0.2, 0.25) is 0 Å². The molecule has 0 spiro atoms. The van der Waals surface area contributed by atoms with Crippen molar-refractivity contribution in [3.05, 3.63) is 0 Å². The first-order valence-corrected chi connectivity index (χ1v) is 6.87. The molecular formula is C13H24N2O3. The lowest BCUT2D eigenvalue weighted by molar-refractivity contribution is -0.121. The monoisotopic (exact) mass is 256 g/mol. The van der Waals surface area contributed by atoms with Crippen molar-refractivity contribution in [1.29, 1.82) is 0 Å². The number of carbonyl (C=O) groups is 1. The van der Waals surface area contributed by atoms with Crippen molar-refractivity contribution >= 4 is 5.91 Å². The van der Waals surface area contributed by atoms with Crippen LogP contribution in [0.5, 0.6) is 0 Å². The van der Waals surface area contributed by atoms with E-state index in [0.717, 1.165) is 25.9 Å². The number of ether oxygens (including phenoxy) is 2. The van der Waals surface area contributed by atoms with Crippen LogP contribution in [0.1, 0.15) is 32.1 Å². The summed E-state index contributed by atoms with van der Waals surface area (Å²) in [5.41, 5.74) is -0.242. The standard InChI is InChI=1S/C13H24N2O3/c1-17-13(6-7-18-10-13)9-14-8-12(16)15-11-4-2-3-5-11/h11,14H,2-10H2,1H3,(H,15,16). The molecule has 1 unspecified atom stereocenters. The van der Waals surface area contributed by atoms with Crippen molar-refractivity contribution in [2.24, 2.45) is 0 Å². The first-order valence-electron chi connectivity index (χ1n) is 6.87. The number of methoxy groups -OCH3 is 1. The number of hydrogen-bond donors (Lipinski definition) is 2. The van der Waals surface area contributed by atoms with Crippen molar-refractivity contribution < 1.29 is 14.3 Å². The van der Waals surface area contributed by atoms with Crippen molar-refractivity contribution in [3.8, 4) is 0 Å². The highest BCUT2D eigenvalue weighted by Gasteiger charge is 2.34. The van der Waals surface area contributed by atoms with Crippen LogP contribution in [-0.4, -0.2) is 51.0 Å². The SMILES string of the molecule is COC1(CNCC(=O)NC2CCCC2)CCOC1. The van der Waals surface area contributed by atoms with E-state index < -0.39 is 0 Å². The highest BCUT2D eigenvalue weighted by Crippen LogP contribution is 2.21. The lowest BCUT2D eigenvalue weighted by Crippen LogP contribution is -2.47. The van der Waals surface area contributed by atoms with Crippen LogP contribution >= 0.6 is 0 Å². The maximum Gasteiger partial charge on any atom is 0.234 e. The Morgan fingerprint density at radius 2 is 2.22 bits per heavy atom. The van der Waals surface area contributed by atoms with Crippen molar-refractivity contribution in [1.82, 2.24) is 10.6 Å². The molecule has 0 aromatic heterocycles. The van der Waals surface area contributed by atoms with Gasteiger partial charge in [-0.1, -0.05) is 12.8 Å².